The van der Waals surface area contributed by atoms with Crippen LogP contribution in [0.25, 0.3) is 0 Å². The maximum absolute atomic E-state index is 13.6. The highest BCUT2D eigenvalue weighted by molar-refractivity contribution is 5.91. The van der Waals surface area contributed by atoms with Crippen molar-refractivity contribution in [3.8, 4) is 0 Å². The number of esters is 1. The molecule has 0 aromatic rings. The summed E-state index contributed by atoms with van der Waals surface area (Å²) in [5.41, 5.74) is 0.701. The van der Waals surface area contributed by atoms with E-state index >= 15 is 0 Å². The van der Waals surface area contributed by atoms with Crippen LogP contribution in [0.1, 0.15) is 67.2 Å². The molecule has 0 aliphatic carbocycles. The molecule has 2 saturated heterocycles. The topological polar surface area (TPSA) is 200 Å². The number of carbonyl (C=O) groups excluding carboxylic acids is 3. The Morgan fingerprint density at radius 2 is 1.52 bits per heavy atom. The van der Waals surface area contributed by atoms with E-state index in [-0.39, 0.29) is 25.2 Å². The van der Waals surface area contributed by atoms with Crippen molar-refractivity contribution in [3.05, 3.63) is 23.8 Å². The van der Waals surface area contributed by atoms with Crippen molar-refractivity contribution in [1.29, 1.82) is 0 Å². The van der Waals surface area contributed by atoms with Crippen LogP contribution < -0.4 is 0 Å². The average Bonchev–Trinajstić information content (AvgIpc) is 3.12. The van der Waals surface area contributed by atoms with Gasteiger partial charge in [-0.1, -0.05) is 38.5 Å². The molecule has 3 heterocycles. The molecule has 0 bridgehead atoms. The third kappa shape index (κ3) is 11.7. The van der Waals surface area contributed by atoms with Crippen LogP contribution in [0.3, 0.4) is 0 Å². The number of ether oxygens (including phenoxy) is 7. The van der Waals surface area contributed by atoms with Crippen molar-refractivity contribution in [2.75, 3.05) is 34.9 Å². The molecule has 3 aliphatic rings. The number of aliphatic hydroxyl groups is 4. The first-order valence-corrected chi connectivity index (χ1v) is 19.0. The second-order valence-corrected chi connectivity index (χ2v) is 15.4. The van der Waals surface area contributed by atoms with Crippen LogP contribution in [-0.2, 0) is 47.5 Å². The Balaban J connectivity index is 1.96. The molecule has 2 fully saturated rings. The van der Waals surface area contributed by atoms with Gasteiger partial charge in [0.15, 0.2) is 18.4 Å². The number of ketones is 1. The molecule has 0 spiro atoms. The summed E-state index contributed by atoms with van der Waals surface area (Å²) in [6, 6.07) is -0.740. The highest BCUT2D eigenvalue weighted by Gasteiger charge is 2.48. The van der Waals surface area contributed by atoms with Crippen molar-refractivity contribution in [2.45, 2.75) is 147 Å². The molecule has 0 radical (unpaired) electrons. The number of cyclic esters (lactones) is 1. The Hall–Kier alpha value is -2.15. The fraction of sp³-hybridized carbons (Fsp3) is 0.821. The Bertz CT molecular complexity index is 1260. The number of rotatable bonds is 11. The summed E-state index contributed by atoms with van der Waals surface area (Å²) >= 11 is 0. The zero-order chi connectivity index (χ0) is 40.4. The van der Waals surface area contributed by atoms with Gasteiger partial charge in [0.25, 0.3) is 0 Å². The van der Waals surface area contributed by atoms with Crippen LogP contribution in [0.5, 0.6) is 0 Å². The van der Waals surface area contributed by atoms with E-state index in [0.29, 0.717) is 12.0 Å². The maximum atomic E-state index is 13.6. The molecule has 5 unspecified atom stereocenters. The van der Waals surface area contributed by atoms with Crippen LogP contribution in [0.4, 0.5) is 0 Å². The van der Waals surface area contributed by atoms with E-state index in [1.54, 1.807) is 52.8 Å². The number of aldehydes is 1. The van der Waals surface area contributed by atoms with E-state index in [9.17, 15) is 34.8 Å². The van der Waals surface area contributed by atoms with Crippen LogP contribution in [0.2, 0.25) is 0 Å². The Labute approximate surface area is 319 Å². The van der Waals surface area contributed by atoms with E-state index in [4.69, 9.17) is 33.2 Å². The van der Waals surface area contributed by atoms with Crippen molar-refractivity contribution in [2.24, 2.45) is 23.7 Å². The molecule has 3 aliphatic heterocycles. The summed E-state index contributed by atoms with van der Waals surface area (Å²) in [4.78, 5) is 40.8. The lowest BCUT2D eigenvalue weighted by molar-refractivity contribution is -0.304. The van der Waals surface area contributed by atoms with Crippen molar-refractivity contribution in [1.82, 2.24) is 4.90 Å². The zero-order valence-corrected chi connectivity index (χ0v) is 33.5. The number of hydrogen-bond acceptors (Lipinski definition) is 15. The molecular formula is C39H65NO14. The summed E-state index contributed by atoms with van der Waals surface area (Å²) in [6.45, 7) is 10.5. The number of hydrogen-bond donors (Lipinski definition) is 4. The molecule has 15 nitrogen and oxygen atoms in total. The van der Waals surface area contributed by atoms with Crippen molar-refractivity contribution >= 4 is 18.0 Å². The van der Waals surface area contributed by atoms with Crippen LogP contribution in [-0.4, -0.2) is 158 Å². The first-order valence-electron chi connectivity index (χ1n) is 19.0. The van der Waals surface area contributed by atoms with Crippen LogP contribution in [0, 0.1) is 23.7 Å². The number of likely N-dealkylation sites (N-methyl/N-ethyl adjacent to an activating group) is 1. The van der Waals surface area contributed by atoms with Gasteiger partial charge in [-0.3, -0.25) is 9.59 Å². The third-order valence-corrected chi connectivity index (χ3v) is 11.1. The second kappa shape index (κ2) is 21.4. The third-order valence-electron chi connectivity index (χ3n) is 11.1. The number of nitrogens with zero attached hydrogens (tertiary/aromatic N) is 1. The van der Waals surface area contributed by atoms with E-state index in [1.807, 2.05) is 19.9 Å². The summed E-state index contributed by atoms with van der Waals surface area (Å²) in [6.07, 6.45) is -5.36. The molecule has 17 atom stereocenters. The fourth-order valence-electron chi connectivity index (χ4n) is 7.76. The minimum atomic E-state index is -1.31. The lowest BCUT2D eigenvalue weighted by Gasteiger charge is -2.46. The Morgan fingerprint density at radius 3 is 2.11 bits per heavy atom. The molecule has 4 N–H and O–H groups in total. The van der Waals surface area contributed by atoms with E-state index in [0.717, 1.165) is 6.29 Å². The molecule has 0 aromatic heterocycles. The van der Waals surface area contributed by atoms with Gasteiger partial charge in [0, 0.05) is 38.4 Å². The summed E-state index contributed by atoms with van der Waals surface area (Å²) in [5.74, 6) is -3.37. The largest absolute Gasteiger partial charge is 0.462 e. The van der Waals surface area contributed by atoms with Gasteiger partial charge in [-0.25, -0.2) is 0 Å². The maximum Gasteiger partial charge on any atom is 0.308 e. The highest BCUT2D eigenvalue weighted by atomic mass is 16.7. The summed E-state index contributed by atoms with van der Waals surface area (Å²) < 4.78 is 41.6. The SMILES string of the molecule is CC[C@H]1OC(=O)C[C@@H](O)[C@H](C)[C@@H](O[C@@H]2OC(C)[C@H](O)C(N(C)C)C2O)[C@@H](CC=O)C[C@@H](C)C(=O)/C=C/C(C)=C/[C@@H]1CO[C@@H]1OC(C)[C@H](O)[C@H](OC)C1OC. The molecule has 310 valence electrons. The smallest absolute Gasteiger partial charge is 0.308 e. The lowest BCUT2D eigenvalue weighted by atomic mass is 9.79. The lowest BCUT2D eigenvalue weighted by Crippen LogP contribution is -2.63. The van der Waals surface area contributed by atoms with Gasteiger partial charge < -0.3 is 63.3 Å². The highest BCUT2D eigenvalue weighted by Crippen LogP contribution is 2.35. The number of carbonyl (C=O) groups is 3. The predicted molar refractivity (Wildman–Crippen MR) is 196 cm³/mol. The molecular weight excluding hydrogens is 706 g/mol. The van der Waals surface area contributed by atoms with Gasteiger partial charge in [0.1, 0.15) is 36.8 Å². The monoisotopic (exact) mass is 771 g/mol. The molecule has 0 aromatic carbocycles. The van der Waals surface area contributed by atoms with Gasteiger partial charge in [-0.15, -0.1) is 0 Å². The first-order chi connectivity index (χ1) is 25.5. The summed E-state index contributed by atoms with van der Waals surface area (Å²) in [5, 5.41) is 44.2. The molecule has 0 amide bonds. The number of aliphatic hydroxyl groups excluding tert-OH is 4. The van der Waals surface area contributed by atoms with Crippen molar-refractivity contribution < 1.29 is 68.0 Å². The average molecular weight is 772 g/mol. The quantitative estimate of drug-likeness (QED) is 0.174. The van der Waals surface area contributed by atoms with Crippen LogP contribution in [0.15, 0.2) is 23.8 Å². The molecule has 0 saturated carbocycles. The minimum Gasteiger partial charge on any atom is -0.462 e. The van der Waals surface area contributed by atoms with Gasteiger partial charge in [0.05, 0.1) is 49.6 Å². The van der Waals surface area contributed by atoms with Crippen LogP contribution >= 0.6 is 0 Å². The first kappa shape index (κ1) is 46.2. The standard InChI is InChI=1S/C39H65NO14/c1-11-29-26(19-50-39-37(49-10)36(48-9)33(46)24(6)52-39)16-20(2)12-13-27(42)21(3)17-25(14-15-41)35(22(4)28(43)18-30(44)53-29)54-38-34(47)31(40(7)8)32(45)23(5)51-38/h12-13,15-16,21-26,28-29,31-39,43,45-47H,11,14,17-19H2,1-10H3/b13-12+,20-16+/t21-,22+,23?,24?,25+,26-,28-,29-,31?,32+,33+,34?,35-,36+,37?,38+,39-/m1/s1. The van der Waals surface area contributed by atoms with Gasteiger partial charge in [0.2, 0.25) is 0 Å². The van der Waals surface area contributed by atoms with Gasteiger partial charge >= 0.3 is 5.97 Å². The van der Waals surface area contributed by atoms with Gasteiger partial charge in [-0.2, -0.15) is 0 Å². The predicted octanol–water partition coefficient (Wildman–Crippen LogP) is 1.56. The Morgan fingerprint density at radius 1 is 0.889 bits per heavy atom. The molecule has 54 heavy (non-hydrogen) atoms. The number of methoxy groups -OCH3 is 2. The van der Waals surface area contributed by atoms with E-state index in [1.165, 1.54) is 20.3 Å². The van der Waals surface area contributed by atoms with E-state index < -0.39 is 116 Å². The Kier molecular flexibility index (Phi) is 18.3. The normalized spacial score (nSPS) is 43.6. The van der Waals surface area contributed by atoms with Gasteiger partial charge in [-0.05, 0) is 59.7 Å². The van der Waals surface area contributed by atoms with Crippen molar-refractivity contribution in [3.63, 3.8) is 0 Å². The number of allylic oxidation sites excluding steroid dienone is 3. The fourth-order valence-corrected chi connectivity index (χ4v) is 7.76. The molecule has 3 rings (SSSR count). The van der Waals surface area contributed by atoms with E-state index in [2.05, 4.69) is 0 Å². The molecule has 15 heteroatoms. The second-order valence-electron chi connectivity index (χ2n) is 15.4. The minimum absolute atomic E-state index is 0.0120. The zero-order valence-electron chi connectivity index (χ0n) is 33.5. The summed E-state index contributed by atoms with van der Waals surface area (Å²) in [7, 11) is 6.36.